The Morgan fingerprint density at radius 3 is 2.75 bits per heavy atom. The summed E-state index contributed by atoms with van der Waals surface area (Å²) < 4.78 is 46.6. The van der Waals surface area contributed by atoms with Gasteiger partial charge in [0.15, 0.2) is 9.84 Å². The highest BCUT2D eigenvalue weighted by Gasteiger charge is 2.61. The summed E-state index contributed by atoms with van der Waals surface area (Å²) in [5.74, 6) is -0.462. The molecule has 0 aliphatic carbocycles. The molecule has 2 saturated heterocycles. The van der Waals surface area contributed by atoms with E-state index in [0.29, 0.717) is 16.6 Å². The van der Waals surface area contributed by atoms with Crippen LogP contribution in [0.5, 0.6) is 0 Å². The summed E-state index contributed by atoms with van der Waals surface area (Å²) in [6.07, 6.45) is 0.0925. The van der Waals surface area contributed by atoms with Crippen LogP contribution < -0.4 is 5.32 Å². The van der Waals surface area contributed by atoms with Crippen molar-refractivity contribution in [2.24, 2.45) is 0 Å². The Kier molecular flexibility index (Phi) is 4.13. The number of rotatable bonds is 1. The van der Waals surface area contributed by atoms with Crippen LogP contribution in [0.2, 0.25) is 0 Å². The second-order valence-corrected chi connectivity index (χ2v) is 10.7. The van der Waals surface area contributed by atoms with Crippen molar-refractivity contribution in [1.82, 2.24) is 5.32 Å². The van der Waals surface area contributed by atoms with Crippen molar-refractivity contribution in [2.75, 3.05) is 6.61 Å². The van der Waals surface area contributed by atoms with Gasteiger partial charge in [-0.25, -0.2) is 12.8 Å². The van der Waals surface area contributed by atoms with Gasteiger partial charge in [-0.3, -0.25) is 0 Å². The van der Waals surface area contributed by atoms with Gasteiger partial charge in [-0.15, -0.1) is 0 Å². The molecule has 132 valence electrons. The number of sulfone groups is 1. The quantitative estimate of drug-likeness (QED) is 0.761. The molecule has 2 heterocycles. The van der Waals surface area contributed by atoms with E-state index in [-0.39, 0.29) is 18.3 Å². The van der Waals surface area contributed by atoms with Gasteiger partial charge in [0.2, 0.25) is 0 Å². The van der Waals surface area contributed by atoms with Crippen LogP contribution in [0.25, 0.3) is 0 Å². The third-order valence-electron chi connectivity index (χ3n) is 5.29. The maximum atomic E-state index is 14.6. The minimum Gasteiger partial charge on any atom is -0.376 e. The number of ether oxygens (including phenoxy) is 1. The Balaban J connectivity index is 2.27. The molecule has 0 saturated carbocycles. The normalized spacial score (nSPS) is 34.3. The van der Waals surface area contributed by atoms with Gasteiger partial charge in [0.05, 0.1) is 18.0 Å². The SMILES string of the molecule is C=C1N[C@@]2(c3cc(Br)ccc3F)CO[C@H](C)C[C@H]2S(=O)(=O)C1(C)C. The van der Waals surface area contributed by atoms with Crippen molar-refractivity contribution in [3.63, 3.8) is 0 Å². The molecule has 24 heavy (non-hydrogen) atoms. The lowest BCUT2D eigenvalue weighted by Gasteiger charge is -2.54. The molecule has 0 amide bonds. The first-order chi connectivity index (χ1) is 11.0. The van der Waals surface area contributed by atoms with Crippen molar-refractivity contribution in [3.05, 3.63) is 46.3 Å². The molecule has 7 heteroatoms. The second-order valence-electron chi connectivity index (χ2n) is 7.10. The summed E-state index contributed by atoms with van der Waals surface area (Å²) in [5, 5.41) is 2.43. The molecule has 0 unspecified atom stereocenters. The highest BCUT2D eigenvalue weighted by molar-refractivity contribution is 9.10. The highest BCUT2D eigenvalue weighted by Crippen LogP contribution is 2.48. The van der Waals surface area contributed by atoms with E-state index < -0.39 is 31.2 Å². The topological polar surface area (TPSA) is 55.4 Å². The lowest BCUT2D eigenvalue weighted by atomic mass is 9.81. The van der Waals surface area contributed by atoms with Crippen molar-refractivity contribution in [3.8, 4) is 0 Å². The first kappa shape index (κ1) is 17.9. The van der Waals surface area contributed by atoms with Gasteiger partial charge in [-0.2, -0.15) is 0 Å². The van der Waals surface area contributed by atoms with Crippen LogP contribution in [-0.4, -0.2) is 31.1 Å². The van der Waals surface area contributed by atoms with Crippen LogP contribution in [0.15, 0.2) is 34.9 Å². The van der Waals surface area contributed by atoms with Crippen LogP contribution in [0.1, 0.15) is 32.8 Å². The van der Waals surface area contributed by atoms with Crippen molar-refractivity contribution in [1.29, 1.82) is 0 Å². The van der Waals surface area contributed by atoms with E-state index in [1.807, 2.05) is 6.92 Å². The largest absolute Gasteiger partial charge is 0.376 e. The fourth-order valence-electron chi connectivity index (χ4n) is 3.55. The zero-order valence-electron chi connectivity index (χ0n) is 13.9. The van der Waals surface area contributed by atoms with Crippen LogP contribution in [0, 0.1) is 5.82 Å². The maximum Gasteiger partial charge on any atom is 0.166 e. The predicted octanol–water partition coefficient (Wildman–Crippen LogP) is 3.27. The maximum absolute atomic E-state index is 14.6. The molecule has 2 aliphatic rings. The lowest BCUT2D eigenvalue weighted by molar-refractivity contribution is -0.0313. The molecule has 3 rings (SSSR count). The highest BCUT2D eigenvalue weighted by atomic mass is 79.9. The average Bonchev–Trinajstić information content (AvgIpc) is 2.50. The first-order valence-corrected chi connectivity index (χ1v) is 10.1. The molecule has 0 spiro atoms. The zero-order chi connectivity index (χ0) is 17.9. The molecule has 1 N–H and O–H groups in total. The van der Waals surface area contributed by atoms with E-state index in [1.165, 1.54) is 6.07 Å². The lowest BCUT2D eigenvalue weighted by Crippen LogP contribution is -2.69. The van der Waals surface area contributed by atoms with Gasteiger partial charge >= 0.3 is 0 Å². The molecular weight excluding hydrogens is 397 g/mol. The van der Waals surface area contributed by atoms with E-state index in [9.17, 15) is 12.8 Å². The summed E-state index contributed by atoms with van der Waals surface area (Å²) in [4.78, 5) is 0. The number of benzene rings is 1. The minimum atomic E-state index is -3.60. The summed E-state index contributed by atoms with van der Waals surface area (Å²) in [6.45, 7) is 9.10. The van der Waals surface area contributed by atoms with E-state index in [0.717, 1.165) is 0 Å². The third-order valence-corrected chi connectivity index (χ3v) is 8.79. The van der Waals surface area contributed by atoms with Gasteiger partial charge in [0, 0.05) is 15.7 Å². The molecule has 0 radical (unpaired) electrons. The molecule has 2 aliphatic heterocycles. The fraction of sp³-hybridized carbons (Fsp3) is 0.529. The van der Waals surface area contributed by atoms with Crippen LogP contribution in [-0.2, 0) is 20.1 Å². The predicted molar refractivity (Wildman–Crippen MR) is 94.9 cm³/mol. The number of hydrogen-bond donors (Lipinski definition) is 1. The Labute approximate surface area is 150 Å². The van der Waals surface area contributed by atoms with Crippen molar-refractivity contribution < 1.29 is 17.5 Å². The van der Waals surface area contributed by atoms with E-state index in [2.05, 4.69) is 27.8 Å². The second kappa shape index (κ2) is 5.54. The summed E-state index contributed by atoms with van der Waals surface area (Å²) in [5.41, 5.74) is -0.531. The average molecular weight is 418 g/mol. The van der Waals surface area contributed by atoms with Gasteiger partial charge in [0.25, 0.3) is 0 Å². The van der Waals surface area contributed by atoms with Gasteiger partial charge < -0.3 is 10.1 Å². The van der Waals surface area contributed by atoms with Crippen molar-refractivity contribution in [2.45, 2.75) is 48.8 Å². The molecule has 1 aromatic rings. The van der Waals surface area contributed by atoms with E-state index in [1.54, 1.807) is 26.0 Å². The van der Waals surface area contributed by atoms with Crippen LogP contribution >= 0.6 is 15.9 Å². The van der Waals surface area contributed by atoms with E-state index in [4.69, 9.17) is 4.74 Å². The van der Waals surface area contributed by atoms with Crippen LogP contribution in [0.4, 0.5) is 4.39 Å². The molecule has 0 aromatic heterocycles. The molecule has 1 aromatic carbocycles. The third kappa shape index (κ3) is 2.35. The summed E-state index contributed by atoms with van der Waals surface area (Å²) in [6, 6.07) is 4.54. The number of halogens is 2. The Morgan fingerprint density at radius 2 is 2.08 bits per heavy atom. The molecular formula is C17H21BrFNO3S. The summed E-state index contributed by atoms with van der Waals surface area (Å²) in [7, 11) is -3.60. The van der Waals surface area contributed by atoms with Crippen molar-refractivity contribution >= 4 is 25.8 Å². The standard InChI is InChI=1S/C17H21BrFNO3S/c1-10-7-15-17(9-23-10,13-8-12(18)5-6-14(13)19)20-11(2)16(3,4)24(15,21)22/h5-6,8,10,15,20H,2,7,9H2,1,3-4H3/t10-,15-,17-/m1/s1. The number of nitrogens with one attached hydrogen (secondary N) is 1. The minimum absolute atomic E-state index is 0.0700. The molecule has 3 atom stereocenters. The zero-order valence-corrected chi connectivity index (χ0v) is 16.3. The molecule has 0 bridgehead atoms. The summed E-state index contributed by atoms with van der Waals surface area (Å²) >= 11 is 3.35. The Hall–Kier alpha value is -0.920. The van der Waals surface area contributed by atoms with Gasteiger partial charge in [-0.05, 0) is 45.4 Å². The van der Waals surface area contributed by atoms with Gasteiger partial charge in [-0.1, -0.05) is 22.5 Å². The number of hydrogen-bond acceptors (Lipinski definition) is 4. The van der Waals surface area contributed by atoms with E-state index >= 15 is 0 Å². The van der Waals surface area contributed by atoms with Gasteiger partial charge in [0.1, 0.15) is 16.1 Å². The smallest absolute Gasteiger partial charge is 0.166 e. The molecule has 2 fully saturated rings. The van der Waals surface area contributed by atoms with Crippen LogP contribution in [0.3, 0.4) is 0 Å². The first-order valence-electron chi connectivity index (χ1n) is 7.80. The fourth-order valence-corrected chi connectivity index (χ4v) is 6.33. The monoisotopic (exact) mass is 417 g/mol. The Morgan fingerprint density at radius 1 is 1.42 bits per heavy atom. The Bertz CT molecular complexity index is 808. The number of fused-ring (bicyclic) bond motifs is 1. The molecule has 4 nitrogen and oxygen atoms in total.